The number of hydrogen-bond acceptors (Lipinski definition) is 4. The third kappa shape index (κ3) is 2.57. The van der Waals surface area contributed by atoms with E-state index in [9.17, 15) is 0 Å². The second-order valence-corrected chi connectivity index (χ2v) is 6.88. The Morgan fingerprint density at radius 1 is 0.778 bits per heavy atom. The molecule has 1 atom stereocenters. The summed E-state index contributed by atoms with van der Waals surface area (Å²) < 4.78 is 0. The molecule has 1 aliphatic heterocycles. The van der Waals surface area contributed by atoms with E-state index in [1.54, 1.807) is 0 Å². The molecule has 0 unspecified atom stereocenters. The Morgan fingerprint density at radius 2 is 1.59 bits per heavy atom. The lowest BCUT2D eigenvalue weighted by Gasteiger charge is -2.35. The van der Waals surface area contributed by atoms with Crippen molar-refractivity contribution in [1.29, 1.82) is 0 Å². The molecule has 0 spiro atoms. The standard InChI is InChI=1S/C23H18N4/c1-23(20-9-3-5-13-25-20)15-18(19-8-2-4-12-24-19)17-11-10-16-7-6-14-26-21(16)22(17)27-23/h2-15,27H,1H3/t23-/m1/s1. The zero-order valence-corrected chi connectivity index (χ0v) is 14.9. The molecule has 3 aromatic heterocycles. The number of rotatable bonds is 2. The number of pyridine rings is 3. The molecule has 4 heterocycles. The molecule has 27 heavy (non-hydrogen) atoms. The molecule has 4 aromatic rings. The number of aromatic nitrogens is 3. The second kappa shape index (κ2) is 6.02. The molecule has 0 fully saturated rings. The van der Waals surface area contributed by atoms with E-state index in [4.69, 9.17) is 0 Å². The maximum absolute atomic E-state index is 4.65. The third-order valence-corrected chi connectivity index (χ3v) is 5.02. The molecule has 4 heteroatoms. The molecule has 130 valence electrons. The van der Waals surface area contributed by atoms with Crippen LogP contribution in [0.1, 0.15) is 23.9 Å². The summed E-state index contributed by atoms with van der Waals surface area (Å²) in [6, 6.07) is 20.3. The molecule has 0 radical (unpaired) electrons. The highest BCUT2D eigenvalue weighted by Crippen LogP contribution is 2.43. The van der Waals surface area contributed by atoms with E-state index in [1.807, 2.05) is 61.1 Å². The van der Waals surface area contributed by atoms with Crippen LogP contribution >= 0.6 is 0 Å². The Bertz CT molecular complexity index is 1150. The number of nitrogens with one attached hydrogen (secondary N) is 1. The maximum Gasteiger partial charge on any atom is 0.0963 e. The minimum Gasteiger partial charge on any atom is -0.369 e. The largest absolute Gasteiger partial charge is 0.369 e. The van der Waals surface area contributed by atoms with Crippen molar-refractivity contribution in [2.24, 2.45) is 0 Å². The van der Waals surface area contributed by atoms with Crippen molar-refractivity contribution in [3.8, 4) is 0 Å². The van der Waals surface area contributed by atoms with Gasteiger partial charge in [-0.25, -0.2) is 0 Å². The van der Waals surface area contributed by atoms with E-state index < -0.39 is 5.54 Å². The van der Waals surface area contributed by atoms with Crippen LogP contribution < -0.4 is 5.32 Å². The van der Waals surface area contributed by atoms with Crippen LogP contribution in [0.15, 0.2) is 85.3 Å². The van der Waals surface area contributed by atoms with Crippen LogP contribution in [0, 0.1) is 0 Å². The van der Waals surface area contributed by atoms with E-state index >= 15 is 0 Å². The van der Waals surface area contributed by atoms with Crippen molar-refractivity contribution in [3.05, 3.63) is 102 Å². The minimum absolute atomic E-state index is 0.465. The molecule has 0 aliphatic carbocycles. The summed E-state index contributed by atoms with van der Waals surface area (Å²) in [7, 11) is 0. The van der Waals surface area contributed by atoms with E-state index in [2.05, 4.69) is 51.5 Å². The van der Waals surface area contributed by atoms with E-state index in [-0.39, 0.29) is 0 Å². The Balaban J connectivity index is 1.81. The van der Waals surface area contributed by atoms with Crippen LogP contribution in [0.25, 0.3) is 16.5 Å². The van der Waals surface area contributed by atoms with E-state index in [0.29, 0.717) is 0 Å². The number of anilines is 1. The normalized spacial score (nSPS) is 18.5. The quantitative estimate of drug-likeness (QED) is 0.564. The molecular formula is C23H18N4. The van der Waals surface area contributed by atoms with Crippen LogP contribution in [0.5, 0.6) is 0 Å². The zero-order chi connectivity index (χ0) is 18.3. The van der Waals surface area contributed by atoms with E-state index in [1.165, 1.54) is 0 Å². The first-order valence-corrected chi connectivity index (χ1v) is 8.97. The van der Waals surface area contributed by atoms with Crippen LogP contribution in [0.3, 0.4) is 0 Å². The van der Waals surface area contributed by atoms with Gasteiger partial charge in [0.1, 0.15) is 0 Å². The Kier molecular flexibility index (Phi) is 3.50. The van der Waals surface area contributed by atoms with Gasteiger partial charge in [-0.3, -0.25) is 15.0 Å². The number of nitrogens with zero attached hydrogens (tertiary/aromatic N) is 3. The molecule has 4 nitrogen and oxygen atoms in total. The van der Waals surface area contributed by atoms with Crippen LogP contribution in [0.4, 0.5) is 5.69 Å². The SMILES string of the molecule is C[C@]1(c2ccccn2)C=C(c2ccccn2)c2ccc3cccnc3c2N1. The fraction of sp³-hybridized carbons (Fsp3) is 0.0870. The summed E-state index contributed by atoms with van der Waals surface area (Å²) in [6.07, 6.45) is 7.71. The summed E-state index contributed by atoms with van der Waals surface area (Å²) in [5.74, 6) is 0. The van der Waals surface area contributed by atoms with Gasteiger partial charge in [0.05, 0.1) is 28.1 Å². The predicted octanol–water partition coefficient (Wildman–Crippen LogP) is 4.80. The minimum atomic E-state index is -0.465. The maximum atomic E-state index is 4.65. The first-order valence-electron chi connectivity index (χ1n) is 8.97. The highest BCUT2D eigenvalue weighted by Gasteiger charge is 2.33. The molecule has 1 N–H and O–H groups in total. The Labute approximate surface area is 157 Å². The van der Waals surface area contributed by atoms with Gasteiger partial charge in [-0.15, -0.1) is 0 Å². The Hall–Kier alpha value is -3.53. The van der Waals surface area contributed by atoms with Crippen molar-refractivity contribution in [2.45, 2.75) is 12.5 Å². The number of hydrogen-bond donors (Lipinski definition) is 1. The zero-order valence-electron chi connectivity index (χ0n) is 14.9. The van der Waals surface area contributed by atoms with Gasteiger partial charge in [0.25, 0.3) is 0 Å². The Morgan fingerprint density at radius 3 is 2.37 bits per heavy atom. The predicted molar refractivity (Wildman–Crippen MR) is 108 cm³/mol. The van der Waals surface area contributed by atoms with Gasteiger partial charge in [-0.2, -0.15) is 0 Å². The smallest absolute Gasteiger partial charge is 0.0963 e. The van der Waals surface area contributed by atoms with Gasteiger partial charge < -0.3 is 5.32 Å². The molecule has 0 saturated heterocycles. The lowest BCUT2D eigenvalue weighted by molar-refractivity contribution is 0.659. The van der Waals surface area contributed by atoms with Crippen LogP contribution in [-0.4, -0.2) is 15.0 Å². The van der Waals surface area contributed by atoms with Crippen molar-refractivity contribution in [3.63, 3.8) is 0 Å². The van der Waals surface area contributed by atoms with Crippen molar-refractivity contribution >= 4 is 22.2 Å². The summed E-state index contributed by atoms with van der Waals surface area (Å²) in [4.78, 5) is 13.9. The molecule has 0 bridgehead atoms. The first kappa shape index (κ1) is 15.7. The van der Waals surface area contributed by atoms with Gasteiger partial charge in [0.2, 0.25) is 0 Å². The van der Waals surface area contributed by atoms with Gasteiger partial charge >= 0.3 is 0 Å². The second-order valence-electron chi connectivity index (χ2n) is 6.88. The van der Waals surface area contributed by atoms with Crippen LogP contribution in [0.2, 0.25) is 0 Å². The van der Waals surface area contributed by atoms with Gasteiger partial charge in [0.15, 0.2) is 0 Å². The topological polar surface area (TPSA) is 50.7 Å². The number of benzene rings is 1. The van der Waals surface area contributed by atoms with Gasteiger partial charge in [-0.05, 0) is 43.3 Å². The fourth-order valence-corrected chi connectivity index (χ4v) is 3.70. The average Bonchev–Trinajstić information content (AvgIpc) is 2.74. The van der Waals surface area contributed by atoms with Crippen molar-refractivity contribution in [1.82, 2.24) is 15.0 Å². The highest BCUT2D eigenvalue weighted by molar-refractivity contribution is 6.01. The lowest BCUT2D eigenvalue weighted by atomic mass is 9.84. The third-order valence-electron chi connectivity index (χ3n) is 5.02. The molecule has 1 aromatic carbocycles. The van der Waals surface area contributed by atoms with Gasteiger partial charge in [-0.1, -0.05) is 30.3 Å². The molecule has 5 rings (SSSR count). The number of fused-ring (bicyclic) bond motifs is 3. The summed E-state index contributed by atoms with van der Waals surface area (Å²) >= 11 is 0. The highest BCUT2D eigenvalue weighted by atomic mass is 15.0. The monoisotopic (exact) mass is 350 g/mol. The fourth-order valence-electron chi connectivity index (χ4n) is 3.70. The van der Waals surface area contributed by atoms with Gasteiger partial charge in [0, 0.05) is 35.1 Å². The molecule has 0 saturated carbocycles. The average molecular weight is 350 g/mol. The van der Waals surface area contributed by atoms with Crippen molar-refractivity contribution < 1.29 is 0 Å². The summed E-state index contributed by atoms with van der Waals surface area (Å²) in [6.45, 7) is 2.14. The summed E-state index contributed by atoms with van der Waals surface area (Å²) in [5, 5.41) is 4.81. The van der Waals surface area contributed by atoms with Crippen LogP contribution in [-0.2, 0) is 5.54 Å². The molecule has 1 aliphatic rings. The van der Waals surface area contributed by atoms with Crippen molar-refractivity contribution in [2.75, 3.05) is 5.32 Å². The van der Waals surface area contributed by atoms with E-state index in [0.717, 1.165) is 39.1 Å². The lowest BCUT2D eigenvalue weighted by Crippen LogP contribution is -2.34. The molecule has 0 amide bonds. The first-order chi connectivity index (χ1) is 13.2. The molecular weight excluding hydrogens is 332 g/mol. The summed E-state index contributed by atoms with van der Waals surface area (Å²) in [5.41, 5.74) is 5.60.